The summed E-state index contributed by atoms with van der Waals surface area (Å²) in [5.74, 6) is -0.387. The Morgan fingerprint density at radius 2 is 2.24 bits per heavy atom. The molecule has 0 bridgehead atoms. The maximum atomic E-state index is 11.9. The zero-order chi connectivity index (χ0) is 12.8. The van der Waals surface area contributed by atoms with Gasteiger partial charge in [0.05, 0.1) is 13.7 Å². The number of methoxy groups -OCH3 is 1. The maximum Gasteiger partial charge on any atom is 0.255 e. The molecule has 2 N–H and O–H groups in total. The van der Waals surface area contributed by atoms with E-state index in [1.165, 1.54) is 19.2 Å². The number of hydrogen-bond acceptors (Lipinski definition) is 3. The Labute approximate surface area is 97.2 Å². The normalized spacial score (nSPS) is 12.3. The third-order valence-electron chi connectivity index (χ3n) is 2.09. The van der Waals surface area contributed by atoms with Gasteiger partial charge in [-0.05, 0) is 17.7 Å². The molecule has 6 heteroatoms. The van der Waals surface area contributed by atoms with E-state index < -0.39 is 25.0 Å². The Morgan fingerprint density at radius 1 is 1.53 bits per heavy atom. The minimum absolute atomic E-state index is 0.288. The van der Waals surface area contributed by atoms with Crippen LogP contribution in [0, 0.1) is 0 Å². The second kappa shape index (κ2) is 6.15. The number of alkyl halides is 2. The Bertz CT molecular complexity index is 385. The van der Waals surface area contributed by atoms with E-state index in [1.54, 1.807) is 12.1 Å². The fourth-order valence-corrected chi connectivity index (χ4v) is 1.24. The number of aliphatic hydroxyl groups excluding tert-OH is 1. The molecule has 94 valence electrons. The van der Waals surface area contributed by atoms with Crippen molar-refractivity contribution < 1.29 is 23.4 Å². The first kappa shape index (κ1) is 13.4. The second-order valence-electron chi connectivity index (χ2n) is 3.32. The summed E-state index contributed by atoms with van der Waals surface area (Å²) in [6.07, 6.45) is -4.12. The molecule has 0 radical (unpaired) electrons. The van der Waals surface area contributed by atoms with Gasteiger partial charge in [-0.2, -0.15) is 0 Å². The number of benzene rings is 1. The van der Waals surface area contributed by atoms with Crippen molar-refractivity contribution in [3.63, 3.8) is 0 Å². The van der Waals surface area contributed by atoms with Crippen LogP contribution in [0.15, 0.2) is 24.3 Å². The lowest BCUT2D eigenvalue weighted by Gasteiger charge is -2.12. The summed E-state index contributed by atoms with van der Waals surface area (Å²) in [6.45, 7) is -0.778. The Kier molecular flexibility index (Phi) is 4.84. The molecular formula is C11H13F2NO3. The monoisotopic (exact) mass is 245 g/mol. The second-order valence-corrected chi connectivity index (χ2v) is 3.32. The minimum atomic E-state index is -2.64. The summed E-state index contributed by atoms with van der Waals surface area (Å²) in [7, 11) is 1.45. The molecule has 0 heterocycles. The van der Waals surface area contributed by atoms with Crippen LogP contribution in [0.5, 0.6) is 5.75 Å². The molecule has 0 aliphatic heterocycles. The van der Waals surface area contributed by atoms with Gasteiger partial charge in [0, 0.05) is 0 Å². The first-order valence-corrected chi connectivity index (χ1v) is 4.92. The number of amides is 1. The molecule has 0 aromatic heterocycles. The summed E-state index contributed by atoms with van der Waals surface area (Å²) in [5.41, 5.74) is 0.288. The molecule has 1 aromatic carbocycles. The van der Waals surface area contributed by atoms with Gasteiger partial charge in [-0.1, -0.05) is 12.1 Å². The number of nitrogens with one attached hydrogen (secondary N) is 1. The van der Waals surface area contributed by atoms with Crippen molar-refractivity contribution in [1.82, 2.24) is 5.32 Å². The van der Waals surface area contributed by atoms with E-state index >= 15 is 0 Å². The lowest BCUT2D eigenvalue weighted by molar-refractivity contribution is -0.130. The number of carbonyl (C=O) groups excluding carboxylic acids is 1. The predicted molar refractivity (Wildman–Crippen MR) is 57.0 cm³/mol. The van der Waals surface area contributed by atoms with Crippen LogP contribution < -0.4 is 10.1 Å². The average molecular weight is 245 g/mol. The topological polar surface area (TPSA) is 58.6 Å². The van der Waals surface area contributed by atoms with Gasteiger partial charge in [0.15, 0.2) is 6.10 Å². The molecule has 1 aromatic rings. The molecular weight excluding hydrogens is 232 g/mol. The largest absolute Gasteiger partial charge is 0.497 e. The van der Waals surface area contributed by atoms with Crippen molar-refractivity contribution in [3.05, 3.63) is 29.8 Å². The minimum Gasteiger partial charge on any atom is -0.497 e. The highest BCUT2D eigenvalue weighted by Gasteiger charge is 2.18. The van der Waals surface area contributed by atoms with Gasteiger partial charge in [0.2, 0.25) is 0 Å². The van der Waals surface area contributed by atoms with Crippen LogP contribution in [0.1, 0.15) is 11.7 Å². The van der Waals surface area contributed by atoms with Gasteiger partial charge < -0.3 is 15.2 Å². The van der Waals surface area contributed by atoms with Crippen LogP contribution >= 0.6 is 0 Å². The van der Waals surface area contributed by atoms with E-state index in [1.807, 2.05) is 5.32 Å². The number of rotatable bonds is 5. The van der Waals surface area contributed by atoms with Crippen molar-refractivity contribution in [2.24, 2.45) is 0 Å². The summed E-state index contributed by atoms with van der Waals surface area (Å²) >= 11 is 0. The van der Waals surface area contributed by atoms with Gasteiger partial charge in [0.1, 0.15) is 5.75 Å². The zero-order valence-electron chi connectivity index (χ0n) is 9.19. The van der Waals surface area contributed by atoms with Crippen molar-refractivity contribution in [1.29, 1.82) is 0 Å². The molecule has 0 aliphatic carbocycles. The lowest BCUT2D eigenvalue weighted by Crippen LogP contribution is -2.32. The van der Waals surface area contributed by atoms with E-state index in [4.69, 9.17) is 4.74 Å². The Balaban J connectivity index is 2.67. The molecule has 0 saturated heterocycles. The fourth-order valence-electron chi connectivity index (χ4n) is 1.24. The zero-order valence-corrected chi connectivity index (χ0v) is 9.19. The summed E-state index contributed by atoms with van der Waals surface area (Å²) < 4.78 is 28.6. The SMILES string of the molecule is COc1cccc(C(O)C(=O)NCC(F)F)c1. The molecule has 4 nitrogen and oxygen atoms in total. The molecule has 1 rings (SSSR count). The molecule has 1 atom stereocenters. The van der Waals surface area contributed by atoms with Crippen molar-refractivity contribution in [2.75, 3.05) is 13.7 Å². The maximum absolute atomic E-state index is 11.9. The molecule has 1 amide bonds. The quantitative estimate of drug-likeness (QED) is 0.817. The van der Waals surface area contributed by atoms with E-state index in [0.29, 0.717) is 5.75 Å². The third-order valence-corrected chi connectivity index (χ3v) is 2.09. The van der Waals surface area contributed by atoms with E-state index in [0.717, 1.165) is 0 Å². The Hall–Kier alpha value is -1.69. The van der Waals surface area contributed by atoms with E-state index in [2.05, 4.69) is 0 Å². The van der Waals surface area contributed by atoms with Crippen molar-refractivity contribution in [2.45, 2.75) is 12.5 Å². The highest BCUT2D eigenvalue weighted by atomic mass is 19.3. The van der Waals surface area contributed by atoms with Gasteiger partial charge >= 0.3 is 0 Å². The highest BCUT2D eigenvalue weighted by Crippen LogP contribution is 2.19. The number of halogens is 2. The number of ether oxygens (including phenoxy) is 1. The van der Waals surface area contributed by atoms with E-state index in [9.17, 15) is 18.7 Å². The van der Waals surface area contributed by atoms with Crippen LogP contribution in [0.2, 0.25) is 0 Å². The molecule has 0 fully saturated rings. The molecule has 1 unspecified atom stereocenters. The number of hydrogen-bond donors (Lipinski definition) is 2. The molecule has 0 aliphatic rings. The van der Waals surface area contributed by atoms with Crippen LogP contribution in [-0.4, -0.2) is 31.1 Å². The van der Waals surface area contributed by atoms with Gasteiger partial charge in [-0.15, -0.1) is 0 Å². The summed E-state index contributed by atoms with van der Waals surface area (Å²) in [5, 5.41) is 11.5. The third kappa shape index (κ3) is 3.99. The highest BCUT2D eigenvalue weighted by molar-refractivity contribution is 5.82. The smallest absolute Gasteiger partial charge is 0.255 e. The number of carbonyl (C=O) groups is 1. The van der Waals surface area contributed by atoms with Crippen LogP contribution in [0.25, 0.3) is 0 Å². The lowest BCUT2D eigenvalue weighted by atomic mass is 10.1. The predicted octanol–water partition coefficient (Wildman–Crippen LogP) is 1.11. The van der Waals surface area contributed by atoms with Crippen LogP contribution in [0.3, 0.4) is 0 Å². The molecule has 0 spiro atoms. The van der Waals surface area contributed by atoms with E-state index in [-0.39, 0.29) is 5.56 Å². The standard InChI is InChI=1S/C11H13F2NO3/c1-17-8-4-2-3-7(5-8)10(15)11(16)14-6-9(12)13/h2-5,9-10,15H,6H2,1H3,(H,14,16). The van der Waals surface area contributed by atoms with Crippen molar-refractivity contribution >= 4 is 5.91 Å². The van der Waals surface area contributed by atoms with Gasteiger partial charge in [-0.3, -0.25) is 4.79 Å². The first-order valence-electron chi connectivity index (χ1n) is 4.92. The summed E-state index contributed by atoms with van der Waals surface area (Å²) in [4.78, 5) is 11.3. The van der Waals surface area contributed by atoms with Crippen LogP contribution in [0.4, 0.5) is 8.78 Å². The number of aliphatic hydroxyl groups is 1. The molecule has 17 heavy (non-hydrogen) atoms. The fraction of sp³-hybridized carbons (Fsp3) is 0.364. The van der Waals surface area contributed by atoms with Gasteiger partial charge in [0.25, 0.3) is 12.3 Å². The van der Waals surface area contributed by atoms with Gasteiger partial charge in [-0.25, -0.2) is 8.78 Å². The summed E-state index contributed by atoms with van der Waals surface area (Å²) in [6, 6.07) is 6.22. The van der Waals surface area contributed by atoms with Crippen LogP contribution in [-0.2, 0) is 4.79 Å². The molecule has 0 saturated carbocycles. The van der Waals surface area contributed by atoms with Crippen molar-refractivity contribution in [3.8, 4) is 5.75 Å². The first-order chi connectivity index (χ1) is 8.04. The average Bonchev–Trinajstić information content (AvgIpc) is 2.35. The Morgan fingerprint density at radius 3 is 2.82 bits per heavy atom.